The van der Waals surface area contributed by atoms with E-state index in [1.54, 1.807) is 7.05 Å². The minimum atomic E-state index is -0.114. The lowest BCUT2D eigenvalue weighted by molar-refractivity contribution is -0.0554. The Morgan fingerprint density at radius 3 is 2.70 bits per heavy atom. The Labute approximate surface area is 119 Å². The molecule has 20 heavy (non-hydrogen) atoms. The maximum atomic E-state index is 5.71. The lowest BCUT2D eigenvalue weighted by Crippen LogP contribution is -2.40. The molecule has 0 spiro atoms. The molecule has 0 radical (unpaired) electrons. The Morgan fingerprint density at radius 1 is 1.30 bits per heavy atom. The summed E-state index contributed by atoms with van der Waals surface area (Å²) in [4.78, 5) is 12.7. The molecule has 0 aliphatic carbocycles. The number of rotatable bonds is 5. The van der Waals surface area contributed by atoms with Crippen molar-refractivity contribution in [1.29, 1.82) is 0 Å². The summed E-state index contributed by atoms with van der Waals surface area (Å²) < 4.78 is 11.1. The van der Waals surface area contributed by atoms with Crippen molar-refractivity contribution in [2.45, 2.75) is 45.3 Å². The zero-order valence-electron chi connectivity index (χ0n) is 12.6. The van der Waals surface area contributed by atoms with Crippen LogP contribution >= 0.6 is 0 Å². The van der Waals surface area contributed by atoms with E-state index in [1.165, 1.54) is 0 Å². The number of anilines is 2. The second kappa shape index (κ2) is 6.21. The van der Waals surface area contributed by atoms with Gasteiger partial charge in [-0.25, -0.2) is 0 Å². The molecule has 0 bridgehead atoms. The Morgan fingerprint density at radius 2 is 2.05 bits per heavy atom. The van der Waals surface area contributed by atoms with Crippen molar-refractivity contribution in [3.63, 3.8) is 0 Å². The highest BCUT2D eigenvalue weighted by Crippen LogP contribution is 2.26. The summed E-state index contributed by atoms with van der Waals surface area (Å²) in [6.45, 7) is 7.36. The fourth-order valence-corrected chi connectivity index (χ4v) is 2.26. The molecule has 1 aromatic rings. The normalized spacial score (nSPS) is 21.3. The third kappa shape index (κ3) is 3.93. The minimum absolute atomic E-state index is 0.114. The molecule has 7 heteroatoms. The smallest absolute Gasteiger partial charge is 0.323 e. The lowest BCUT2D eigenvalue weighted by Gasteiger charge is -2.35. The van der Waals surface area contributed by atoms with E-state index in [4.69, 9.17) is 9.47 Å². The van der Waals surface area contributed by atoms with Crippen molar-refractivity contribution in [3.05, 3.63) is 0 Å². The van der Waals surface area contributed by atoms with Gasteiger partial charge in [0.15, 0.2) is 0 Å². The average molecular weight is 281 g/mol. The molecule has 1 saturated heterocycles. The van der Waals surface area contributed by atoms with E-state index in [9.17, 15) is 0 Å². The highest BCUT2D eigenvalue weighted by molar-refractivity contribution is 5.36. The number of hydrogen-bond acceptors (Lipinski definition) is 7. The molecule has 2 N–H and O–H groups in total. The molecule has 112 valence electrons. The monoisotopic (exact) mass is 281 g/mol. The first kappa shape index (κ1) is 14.8. The minimum Gasteiger partial charge on any atom is -0.464 e. The van der Waals surface area contributed by atoms with Gasteiger partial charge in [-0.2, -0.15) is 15.0 Å². The Hall–Kier alpha value is -1.63. The molecule has 1 aromatic heterocycles. The van der Waals surface area contributed by atoms with Crippen LogP contribution in [-0.2, 0) is 4.74 Å². The van der Waals surface area contributed by atoms with E-state index in [2.05, 4.69) is 39.4 Å². The number of nitrogens with one attached hydrogen (secondary N) is 2. The molecule has 2 rings (SSSR count). The van der Waals surface area contributed by atoms with Crippen molar-refractivity contribution >= 4 is 11.9 Å². The van der Waals surface area contributed by atoms with Crippen LogP contribution in [0.5, 0.6) is 6.01 Å². The topological polar surface area (TPSA) is 81.2 Å². The van der Waals surface area contributed by atoms with Gasteiger partial charge in [-0.3, -0.25) is 0 Å². The fourth-order valence-electron chi connectivity index (χ4n) is 2.26. The molecular formula is C13H23N5O2. The van der Waals surface area contributed by atoms with Crippen LogP contribution in [0.1, 0.15) is 33.6 Å². The first-order valence-corrected chi connectivity index (χ1v) is 6.99. The lowest BCUT2D eigenvalue weighted by atomic mass is 9.94. The van der Waals surface area contributed by atoms with E-state index < -0.39 is 0 Å². The van der Waals surface area contributed by atoms with Gasteiger partial charge in [0.25, 0.3) is 0 Å². The maximum Gasteiger partial charge on any atom is 0.323 e. The Bertz CT molecular complexity index is 452. The molecule has 1 atom stereocenters. The molecule has 2 heterocycles. The van der Waals surface area contributed by atoms with Crippen LogP contribution < -0.4 is 15.4 Å². The summed E-state index contributed by atoms with van der Waals surface area (Å²) in [6.07, 6.45) is 1.85. The van der Waals surface area contributed by atoms with Crippen LogP contribution in [0.2, 0.25) is 0 Å². The summed E-state index contributed by atoms with van der Waals surface area (Å²) in [7, 11) is 1.77. The SMILES string of the molecule is CCOc1nc(NC)nc(NC2CCOC(C)(C)C2)n1. The Balaban J connectivity index is 2.09. The Kier molecular flexibility index (Phi) is 4.59. The molecular weight excluding hydrogens is 258 g/mol. The maximum absolute atomic E-state index is 5.71. The van der Waals surface area contributed by atoms with Crippen molar-refractivity contribution in [2.24, 2.45) is 0 Å². The van der Waals surface area contributed by atoms with Gasteiger partial charge in [0.2, 0.25) is 11.9 Å². The van der Waals surface area contributed by atoms with Gasteiger partial charge in [0.05, 0.1) is 12.2 Å². The average Bonchev–Trinajstić information content (AvgIpc) is 2.37. The summed E-state index contributed by atoms with van der Waals surface area (Å²) in [6, 6.07) is 0.626. The third-order valence-corrected chi connectivity index (χ3v) is 3.14. The molecule has 0 aromatic carbocycles. The molecule has 7 nitrogen and oxygen atoms in total. The van der Waals surface area contributed by atoms with Gasteiger partial charge in [-0.05, 0) is 33.6 Å². The van der Waals surface area contributed by atoms with Crippen molar-refractivity contribution in [3.8, 4) is 6.01 Å². The first-order chi connectivity index (χ1) is 9.52. The van der Waals surface area contributed by atoms with Crippen LogP contribution in [0.3, 0.4) is 0 Å². The molecule has 1 aliphatic heterocycles. The molecule has 0 saturated carbocycles. The third-order valence-electron chi connectivity index (χ3n) is 3.14. The van der Waals surface area contributed by atoms with Gasteiger partial charge in [0.1, 0.15) is 0 Å². The van der Waals surface area contributed by atoms with E-state index in [-0.39, 0.29) is 5.60 Å². The summed E-state index contributed by atoms with van der Waals surface area (Å²) >= 11 is 0. The van der Waals surface area contributed by atoms with E-state index in [1.807, 2.05) is 6.92 Å². The fraction of sp³-hybridized carbons (Fsp3) is 0.769. The summed E-state index contributed by atoms with van der Waals surface area (Å²) in [5.74, 6) is 1.03. The molecule has 1 fully saturated rings. The highest BCUT2D eigenvalue weighted by atomic mass is 16.5. The second-order valence-corrected chi connectivity index (χ2v) is 5.39. The summed E-state index contributed by atoms with van der Waals surface area (Å²) in [5, 5.41) is 6.26. The van der Waals surface area contributed by atoms with Crippen molar-refractivity contribution in [2.75, 3.05) is 30.9 Å². The predicted molar refractivity (Wildman–Crippen MR) is 77.2 cm³/mol. The molecule has 0 amide bonds. The van der Waals surface area contributed by atoms with Crippen molar-refractivity contribution < 1.29 is 9.47 Å². The zero-order valence-corrected chi connectivity index (χ0v) is 12.6. The van der Waals surface area contributed by atoms with Gasteiger partial charge >= 0.3 is 6.01 Å². The first-order valence-electron chi connectivity index (χ1n) is 6.99. The van der Waals surface area contributed by atoms with Crippen LogP contribution in [0, 0.1) is 0 Å². The number of nitrogens with zero attached hydrogens (tertiary/aromatic N) is 3. The largest absolute Gasteiger partial charge is 0.464 e. The number of ether oxygens (including phenoxy) is 2. The van der Waals surface area contributed by atoms with Gasteiger partial charge in [0, 0.05) is 19.7 Å². The van der Waals surface area contributed by atoms with E-state index in [0.29, 0.717) is 30.6 Å². The highest BCUT2D eigenvalue weighted by Gasteiger charge is 2.29. The standard InChI is InChI=1S/C13H23N5O2/c1-5-19-12-17-10(14-4)16-11(18-12)15-9-6-7-20-13(2,3)8-9/h9H,5-8H2,1-4H3,(H2,14,15,16,17,18). The van der Waals surface area contributed by atoms with Gasteiger partial charge in [-0.15, -0.1) is 0 Å². The van der Waals surface area contributed by atoms with E-state index in [0.717, 1.165) is 19.4 Å². The zero-order chi connectivity index (χ0) is 14.6. The van der Waals surface area contributed by atoms with Gasteiger partial charge in [-0.1, -0.05) is 0 Å². The van der Waals surface area contributed by atoms with Gasteiger partial charge < -0.3 is 20.1 Å². The van der Waals surface area contributed by atoms with Crippen LogP contribution in [0.4, 0.5) is 11.9 Å². The number of hydrogen-bond donors (Lipinski definition) is 2. The quantitative estimate of drug-likeness (QED) is 0.849. The second-order valence-electron chi connectivity index (χ2n) is 5.39. The number of aromatic nitrogens is 3. The molecule has 1 unspecified atom stereocenters. The van der Waals surface area contributed by atoms with Crippen LogP contribution in [0.25, 0.3) is 0 Å². The van der Waals surface area contributed by atoms with Crippen LogP contribution in [-0.4, -0.2) is 46.9 Å². The predicted octanol–water partition coefficient (Wildman–Crippen LogP) is 1.68. The van der Waals surface area contributed by atoms with Crippen LogP contribution in [0.15, 0.2) is 0 Å². The van der Waals surface area contributed by atoms with Crippen molar-refractivity contribution in [1.82, 2.24) is 15.0 Å². The summed E-state index contributed by atoms with van der Waals surface area (Å²) in [5.41, 5.74) is -0.114. The molecule has 1 aliphatic rings. The van der Waals surface area contributed by atoms with E-state index >= 15 is 0 Å².